The zero-order valence-electron chi connectivity index (χ0n) is 20.7. The summed E-state index contributed by atoms with van der Waals surface area (Å²) in [6.07, 6.45) is -9.22. The van der Waals surface area contributed by atoms with Crippen LogP contribution in [0.25, 0.3) is 0 Å². The van der Waals surface area contributed by atoms with E-state index in [-0.39, 0.29) is 6.61 Å². The average molecular weight is 527 g/mol. The number of alkyl halides is 3. The molecule has 0 aromatic rings. The highest BCUT2D eigenvalue weighted by molar-refractivity contribution is 5.82. The molecule has 2 rings (SSSR count). The third kappa shape index (κ3) is 9.21. The van der Waals surface area contributed by atoms with Crippen LogP contribution in [0.4, 0.5) is 13.2 Å². The number of piperidine rings is 1. The molecule has 0 aliphatic carbocycles. The lowest BCUT2D eigenvalue weighted by molar-refractivity contribution is -0.279. The molecular weight excluding hydrogens is 493 g/mol. The minimum absolute atomic E-state index is 0.0166. The fraction of sp³-hybridized carbons (Fsp3) is 0.818. The van der Waals surface area contributed by atoms with Gasteiger partial charge in [0.2, 0.25) is 0 Å². The third-order valence-corrected chi connectivity index (χ3v) is 5.82. The standard InChI is InChI=1S/C22H33F3N2O9/c1-12-5-7-27(8-6-12)9-10-32-20-17(26-21(31)22(23,24)25)19(35-15(4)30)18(34-14(3)29)16(36-20)11-33-13(2)28/h12,16-20H,5-11H2,1-4H3,(H,26,31)/t16-,17-,18-,19-,20-/m1/s1. The first-order valence-corrected chi connectivity index (χ1v) is 11.6. The maximum absolute atomic E-state index is 13.1. The number of halogens is 3. The second-order valence-corrected chi connectivity index (χ2v) is 8.89. The predicted octanol–water partition coefficient (Wildman–Crippen LogP) is 0.933. The Labute approximate surface area is 206 Å². The minimum Gasteiger partial charge on any atom is -0.463 e. The minimum atomic E-state index is -5.26. The predicted molar refractivity (Wildman–Crippen MR) is 115 cm³/mol. The van der Waals surface area contributed by atoms with Crippen LogP contribution in [0, 0.1) is 5.92 Å². The van der Waals surface area contributed by atoms with Gasteiger partial charge in [-0.15, -0.1) is 0 Å². The number of carbonyl (C=O) groups is 4. The first-order chi connectivity index (χ1) is 16.8. The number of amides is 1. The number of rotatable bonds is 9. The van der Waals surface area contributed by atoms with E-state index < -0.39 is 67.2 Å². The van der Waals surface area contributed by atoms with Gasteiger partial charge in [0.15, 0.2) is 18.5 Å². The van der Waals surface area contributed by atoms with E-state index in [1.54, 1.807) is 5.32 Å². The summed E-state index contributed by atoms with van der Waals surface area (Å²) in [5, 5.41) is 1.74. The van der Waals surface area contributed by atoms with Crippen LogP contribution in [0.3, 0.4) is 0 Å². The number of hydrogen-bond donors (Lipinski definition) is 1. The summed E-state index contributed by atoms with van der Waals surface area (Å²) in [5.74, 6) is -4.22. The lowest BCUT2D eigenvalue weighted by Gasteiger charge is -2.45. The first kappa shape index (κ1) is 29.8. The molecule has 36 heavy (non-hydrogen) atoms. The fourth-order valence-corrected chi connectivity index (χ4v) is 4.02. The van der Waals surface area contributed by atoms with Crippen LogP contribution in [0.5, 0.6) is 0 Å². The molecular formula is C22H33F3N2O9. The fourth-order valence-electron chi connectivity index (χ4n) is 4.02. The zero-order chi connectivity index (χ0) is 27.0. The second-order valence-electron chi connectivity index (χ2n) is 8.89. The number of ether oxygens (including phenoxy) is 5. The number of hydrogen-bond acceptors (Lipinski definition) is 10. The Balaban J connectivity index is 2.30. The van der Waals surface area contributed by atoms with Crippen molar-refractivity contribution in [2.45, 2.75) is 77.4 Å². The topological polar surface area (TPSA) is 130 Å². The molecule has 2 fully saturated rings. The van der Waals surface area contributed by atoms with E-state index in [4.69, 9.17) is 23.7 Å². The van der Waals surface area contributed by atoms with Gasteiger partial charge in [-0.2, -0.15) is 13.2 Å². The van der Waals surface area contributed by atoms with Crippen molar-refractivity contribution in [3.8, 4) is 0 Å². The second kappa shape index (κ2) is 13.2. The van der Waals surface area contributed by atoms with Crippen molar-refractivity contribution in [2.24, 2.45) is 5.92 Å². The Bertz CT molecular complexity index is 787. The highest BCUT2D eigenvalue weighted by Crippen LogP contribution is 2.29. The molecule has 0 aromatic heterocycles. The molecule has 2 aliphatic heterocycles. The molecule has 206 valence electrons. The summed E-state index contributed by atoms with van der Waals surface area (Å²) in [6.45, 7) is 6.91. The van der Waals surface area contributed by atoms with E-state index in [0.717, 1.165) is 46.7 Å². The molecule has 0 saturated carbocycles. The maximum Gasteiger partial charge on any atom is 0.471 e. The van der Waals surface area contributed by atoms with Gasteiger partial charge in [-0.1, -0.05) is 6.92 Å². The Morgan fingerprint density at radius 2 is 1.56 bits per heavy atom. The molecule has 1 amide bonds. The summed E-state index contributed by atoms with van der Waals surface area (Å²) in [7, 11) is 0. The quantitative estimate of drug-likeness (QED) is 0.342. The van der Waals surface area contributed by atoms with Gasteiger partial charge < -0.3 is 33.9 Å². The molecule has 0 bridgehead atoms. The smallest absolute Gasteiger partial charge is 0.463 e. The van der Waals surface area contributed by atoms with Crippen molar-refractivity contribution < 1.29 is 56.0 Å². The van der Waals surface area contributed by atoms with Crippen LogP contribution >= 0.6 is 0 Å². The summed E-state index contributed by atoms with van der Waals surface area (Å²) >= 11 is 0. The van der Waals surface area contributed by atoms with E-state index >= 15 is 0 Å². The highest BCUT2D eigenvalue weighted by Gasteiger charge is 2.53. The van der Waals surface area contributed by atoms with E-state index in [2.05, 4.69) is 11.8 Å². The van der Waals surface area contributed by atoms with Crippen LogP contribution in [-0.2, 0) is 42.9 Å². The Morgan fingerprint density at radius 3 is 2.08 bits per heavy atom. The van der Waals surface area contributed by atoms with Gasteiger partial charge >= 0.3 is 30.0 Å². The Kier molecular flexibility index (Phi) is 10.9. The molecule has 5 atom stereocenters. The van der Waals surface area contributed by atoms with E-state index in [0.29, 0.717) is 12.5 Å². The van der Waals surface area contributed by atoms with E-state index in [1.165, 1.54) is 0 Å². The van der Waals surface area contributed by atoms with Crippen molar-refractivity contribution in [1.82, 2.24) is 10.2 Å². The van der Waals surface area contributed by atoms with Crippen molar-refractivity contribution in [2.75, 3.05) is 32.8 Å². The number of esters is 3. The molecule has 2 saturated heterocycles. The molecule has 2 heterocycles. The third-order valence-electron chi connectivity index (χ3n) is 5.82. The Hall–Kier alpha value is -2.45. The maximum atomic E-state index is 13.1. The molecule has 2 aliphatic rings. The molecule has 0 unspecified atom stereocenters. The van der Waals surface area contributed by atoms with Crippen molar-refractivity contribution in [3.05, 3.63) is 0 Å². The molecule has 14 heteroatoms. The number of nitrogens with zero attached hydrogens (tertiary/aromatic N) is 1. The summed E-state index contributed by atoms with van der Waals surface area (Å²) < 4.78 is 66.0. The van der Waals surface area contributed by atoms with Gasteiger partial charge in [-0.25, -0.2) is 0 Å². The van der Waals surface area contributed by atoms with Crippen molar-refractivity contribution in [1.29, 1.82) is 0 Å². The number of likely N-dealkylation sites (tertiary alicyclic amines) is 1. The number of nitrogens with one attached hydrogen (secondary N) is 1. The van der Waals surface area contributed by atoms with Gasteiger partial charge in [-0.3, -0.25) is 19.2 Å². The van der Waals surface area contributed by atoms with Crippen LogP contribution in [0.15, 0.2) is 0 Å². The number of carbonyl (C=O) groups excluding carboxylic acids is 4. The van der Waals surface area contributed by atoms with Crippen LogP contribution < -0.4 is 5.32 Å². The Morgan fingerprint density at radius 1 is 0.972 bits per heavy atom. The largest absolute Gasteiger partial charge is 0.471 e. The van der Waals surface area contributed by atoms with Crippen molar-refractivity contribution >= 4 is 23.8 Å². The van der Waals surface area contributed by atoms with Gasteiger partial charge in [0.25, 0.3) is 0 Å². The van der Waals surface area contributed by atoms with Gasteiger partial charge in [0, 0.05) is 27.3 Å². The molecule has 0 radical (unpaired) electrons. The highest BCUT2D eigenvalue weighted by atomic mass is 19.4. The lowest BCUT2D eigenvalue weighted by Crippen LogP contribution is -2.67. The van der Waals surface area contributed by atoms with Gasteiger partial charge in [0.05, 0.1) is 6.61 Å². The lowest BCUT2D eigenvalue weighted by atomic mass is 9.96. The molecule has 0 spiro atoms. The normalized spacial score (nSPS) is 27.7. The molecule has 1 N–H and O–H groups in total. The van der Waals surface area contributed by atoms with Crippen LogP contribution in [0.2, 0.25) is 0 Å². The summed E-state index contributed by atoms with van der Waals surface area (Å²) in [4.78, 5) is 48.9. The molecule has 0 aromatic carbocycles. The van der Waals surface area contributed by atoms with Crippen molar-refractivity contribution in [3.63, 3.8) is 0 Å². The van der Waals surface area contributed by atoms with Crippen LogP contribution in [-0.4, -0.2) is 98.4 Å². The van der Waals surface area contributed by atoms with E-state index in [1.807, 2.05) is 0 Å². The average Bonchev–Trinajstić information content (AvgIpc) is 2.76. The monoisotopic (exact) mass is 526 g/mol. The summed E-state index contributed by atoms with van der Waals surface area (Å²) in [5.41, 5.74) is 0. The van der Waals surface area contributed by atoms with Gasteiger partial charge in [0.1, 0.15) is 18.8 Å². The van der Waals surface area contributed by atoms with Crippen LogP contribution in [0.1, 0.15) is 40.5 Å². The summed E-state index contributed by atoms with van der Waals surface area (Å²) in [6, 6.07) is -1.69. The van der Waals surface area contributed by atoms with E-state index in [9.17, 15) is 32.3 Å². The molecule has 11 nitrogen and oxygen atoms in total. The first-order valence-electron chi connectivity index (χ1n) is 11.6. The zero-order valence-corrected chi connectivity index (χ0v) is 20.7. The van der Waals surface area contributed by atoms with Gasteiger partial charge in [-0.05, 0) is 31.8 Å². The SMILES string of the molecule is CC(=O)OC[C@H]1O[C@@H](OCCN2CCC(C)CC2)[C@H](NC(=O)C(F)(F)F)[C@@H](OC(C)=O)[C@@H]1OC(C)=O.